The second kappa shape index (κ2) is 9.78. The van der Waals surface area contributed by atoms with Crippen molar-refractivity contribution in [2.24, 2.45) is 5.10 Å². The Bertz CT molecular complexity index is 1180. The molecule has 1 aliphatic heterocycles. The van der Waals surface area contributed by atoms with E-state index in [1.54, 1.807) is 47.7 Å². The predicted octanol–water partition coefficient (Wildman–Crippen LogP) is 4.31. The van der Waals surface area contributed by atoms with Crippen molar-refractivity contribution in [2.45, 2.75) is 12.5 Å². The molecule has 0 bridgehead atoms. The largest absolute Gasteiger partial charge is 0.493 e. The molecule has 2 heterocycles. The van der Waals surface area contributed by atoms with Crippen molar-refractivity contribution in [2.75, 3.05) is 35.5 Å². The van der Waals surface area contributed by atoms with Crippen LogP contribution >= 0.6 is 0 Å². The molecule has 3 aromatic rings. The minimum absolute atomic E-state index is 0.190. The summed E-state index contributed by atoms with van der Waals surface area (Å²) < 4.78 is 32.6. The van der Waals surface area contributed by atoms with Crippen molar-refractivity contribution < 1.29 is 32.9 Å². The molecule has 2 aromatic carbocycles. The summed E-state index contributed by atoms with van der Waals surface area (Å²) in [4.78, 5) is 13.3. The molecule has 9 nitrogen and oxygen atoms in total. The third kappa shape index (κ3) is 4.12. The molecule has 34 heavy (non-hydrogen) atoms. The predicted molar refractivity (Wildman–Crippen MR) is 124 cm³/mol. The summed E-state index contributed by atoms with van der Waals surface area (Å²) >= 11 is 0. The lowest BCUT2D eigenvalue weighted by atomic mass is 9.97. The molecule has 178 valence electrons. The summed E-state index contributed by atoms with van der Waals surface area (Å²) in [6.07, 6.45) is 1.90. The SMILES string of the molecule is COc1ccc(C2=NN(C(=O)c3ccco3)[C@@H](c3cc(OC)c(OC)c(OC)c3)C2)cc1OC. The van der Waals surface area contributed by atoms with Gasteiger partial charge in [0.2, 0.25) is 5.75 Å². The summed E-state index contributed by atoms with van der Waals surface area (Å²) in [5.41, 5.74) is 2.29. The first kappa shape index (κ1) is 23.0. The van der Waals surface area contributed by atoms with E-state index in [1.807, 2.05) is 30.3 Å². The van der Waals surface area contributed by atoms with E-state index in [2.05, 4.69) is 5.10 Å². The van der Waals surface area contributed by atoms with E-state index in [0.717, 1.165) is 11.1 Å². The molecule has 0 fully saturated rings. The van der Waals surface area contributed by atoms with Gasteiger partial charge in [-0.1, -0.05) is 0 Å². The fourth-order valence-electron chi connectivity index (χ4n) is 3.95. The number of rotatable bonds is 8. The van der Waals surface area contributed by atoms with Gasteiger partial charge in [-0.15, -0.1) is 0 Å². The average molecular weight is 466 g/mol. The van der Waals surface area contributed by atoms with Crippen molar-refractivity contribution in [3.05, 3.63) is 65.6 Å². The van der Waals surface area contributed by atoms with Crippen LogP contribution in [0.15, 0.2) is 58.2 Å². The van der Waals surface area contributed by atoms with Gasteiger partial charge in [0.05, 0.1) is 53.6 Å². The van der Waals surface area contributed by atoms with Crippen molar-refractivity contribution in [1.29, 1.82) is 0 Å². The lowest BCUT2D eigenvalue weighted by Gasteiger charge is -2.23. The van der Waals surface area contributed by atoms with Crippen LogP contribution in [0, 0.1) is 0 Å². The maximum atomic E-state index is 13.3. The molecule has 1 aliphatic rings. The summed E-state index contributed by atoms with van der Waals surface area (Å²) in [7, 11) is 7.79. The number of furan rings is 1. The number of carbonyl (C=O) groups is 1. The molecule has 1 aromatic heterocycles. The van der Waals surface area contributed by atoms with Crippen molar-refractivity contribution in [3.8, 4) is 28.7 Å². The van der Waals surface area contributed by atoms with E-state index < -0.39 is 6.04 Å². The molecule has 0 N–H and O–H groups in total. The second-order valence-corrected chi connectivity index (χ2v) is 7.42. The van der Waals surface area contributed by atoms with Crippen LogP contribution in [0.5, 0.6) is 28.7 Å². The van der Waals surface area contributed by atoms with Gasteiger partial charge in [-0.3, -0.25) is 4.79 Å². The molecular formula is C25H26N2O7. The Morgan fingerprint density at radius 1 is 0.882 bits per heavy atom. The Kier molecular flexibility index (Phi) is 6.62. The molecule has 1 amide bonds. The van der Waals surface area contributed by atoms with E-state index in [9.17, 15) is 4.79 Å². The first-order valence-corrected chi connectivity index (χ1v) is 10.5. The van der Waals surface area contributed by atoms with Crippen LogP contribution in [0.2, 0.25) is 0 Å². The third-order valence-electron chi connectivity index (χ3n) is 5.64. The van der Waals surface area contributed by atoms with E-state index in [0.29, 0.717) is 40.9 Å². The molecule has 0 saturated heterocycles. The number of hydrazone groups is 1. The number of hydrogen-bond donors (Lipinski definition) is 0. The van der Waals surface area contributed by atoms with E-state index in [4.69, 9.17) is 28.1 Å². The van der Waals surface area contributed by atoms with Gasteiger partial charge in [-0.05, 0) is 48.0 Å². The van der Waals surface area contributed by atoms with Gasteiger partial charge < -0.3 is 28.1 Å². The third-order valence-corrected chi connectivity index (χ3v) is 5.64. The lowest BCUT2D eigenvalue weighted by molar-refractivity contribution is 0.0678. The maximum Gasteiger partial charge on any atom is 0.310 e. The van der Waals surface area contributed by atoms with Crippen LogP contribution in [-0.4, -0.2) is 52.2 Å². The lowest BCUT2D eigenvalue weighted by Crippen LogP contribution is -2.26. The van der Waals surface area contributed by atoms with E-state index in [-0.39, 0.29) is 11.7 Å². The van der Waals surface area contributed by atoms with Crippen LogP contribution in [-0.2, 0) is 0 Å². The van der Waals surface area contributed by atoms with E-state index in [1.165, 1.54) is 11.3 Å². The molecular weight excluding hydrogens is 440 g/mol. The summed E-state index contributed by atoms with van der Waals surface area (Å²) in [6, 6.07) is 12.0. The smallest absolute Gasteiger partial charge is 0.310 e. The Morgan fingerprint density at radius 3 is 2.12 bits per heavy atom. The first-order valence-electron chi connectivity index (χ1n) is 10.5. The van der Waals surface area contributed by atoms with Crippen molar-refractivity contribution in [1.82, 2.24) is 5.01 Å². The topological polar surface area (TPSA) is 92.0 Å². The number of benzene rings is 2. The van der Waals surface area contributed by atoms with Gasteiger partial charge >= 0.3 is 5.91 Å². The highest BCUT2D eigenvalue weighted by Crippen LogP contribution is 2.43. The minimum atomic E-state index is -0.436. The minimum Gasteiger partial charge on any atom is -0.493 e. The van der Waals surface area contributed by atoms with Crippen LogP contribution in [0.25, 0.3) is 0 Å². The molecule has 9 heteroatoms. The number of ether oxygens (including phenoxy) is 5. The highest BCUT2D eigenvalue weighted by molar-refractivity contribution is 6.05. The van der Waals surface area contributed by atoms with Gasteiger partial charge in [0.15, 0.2) is 28.8 Å². The van der Waals surface area contributed by atoms with Crippen LogP contribution in [0.3, 0.4) is 0 Å². The molecule has 0 radical (unpaired) electrons. The number of methoxy groups -OCH3 is 5. The zero-order chi connectivity index (χ0) is 24.2. The van der Waals surface area contributed by atoms with Gasteiger partial charge in [-0.2, -0.15) is 5.10 Å². The number of nitrogens with zero attached hydrogens (tertiary/aromatic N) is 2. The summed E-state index contributed by atoms with van der Waals surface area (Å²) in [5.74, 6) is 2.45. The maximum absolute atomic E-state index is 13.3. The quantitative estimate of drug-likeness (QED) is 0.488. The monoisotopic (exact) mass is 466 g/mol. The molecule has 0 saturated carbocycles. The molecule has 0 unspecified atom stereocenters. The molecule has 4 rings (SSSR count). The van der Waals surface area contributed by atoms with Crippen molar-refractivity contribution >= 4 is 11.6 Å². The highest BCUT2D eigenvalue weighted by atomic mass is 16.5. The van der Waals surface area contributed by atoms with Gasteiger partial charge in [0.25, 0.3) is 0 Å². The standard InChI is InChI=1S/C25H26N2O7/c1-29-19-9-8-15(11-21(19)30-2)17-14-18(27(26-17)25(28)20-7-6-10-34-20)16-12-22(31-3)24(33-5)23(13-16)32-4/h6-13,18H,14H2,1-5H3/t18-/m1/s1. The van der Waals surface area contributed by atoms with Gasteiger partial charge in [0.1, 0.15) is 0 Å². The highest BCUT2D eigenvalue weighted by Gasteiger charge is 2.36. The number of carbonyl (C=O) groups excluding carboxylic acids is 1. The van der Waals surface area contributed by atoms with Gasteiger partial charge in [0, 0.05) is 12.0 Å². The van der Waals surface area contributed by atoms with Crippen LogP contribution in [0.1, 0.15) is 34.1 Å². The number of amides is 1. The fourth-order valence-corrected chi connectivity index (χ4v) is 3.95. The summed E-state index contributed by atoms with van der Waals surface area (Å²) in [6.45, 7) is 0. The molecule has 1 atom stereocenters. The average Bonchev–Trinajstić information content (AvgIpc) is 3.57. The Balaban J connectivity index is 1.79. The molecule has 0 aliphatic carbocycles. The zero-order valence-electron chi connectivity index (χ0n) is 19.7. The first-order chi connectivity index (χ1) is 16.5. The van der Waals surface area contributed by atoms with E-state index >= 15 is 0 Å². The fraction of sp³-hybridized carbons (Fsp3) is 0.280. The Hall–Kier alpha value is -4.14. The zero-order valence-corrected chi connectivity index (χ0v) is 19.7. The Morgan fingerprint density at radius 2 is 1.56 bits per heavy atom. The molecule has 0 spiro atoms. The van der Waals surface area contributed by atoms with Crippen LogP contribution in [0.4, 0.5) is 0 Å². The second-order valence-electron chi connectivity index (χ2n) is 7.42. The summed E-state index contributed by atoms with van der Waals surface area (Å²) in [5, 5.41) is 6.11. The number of hydrogen-bond acceptors (Lipinski definition) is 8. The Labute approximate surface area is 197 Å². The normalized spacial score (nSPS) is 15.0. The van der Waals surface area contributed by atoms with Crippen molar-refractivity contribution in [3.63, 3.8) is 0 Å². The van der Waals surface area contributed by atoms with Crippen LogP contribution < -0.4 is 23.7 Å². The van der Waals surface area contributed by atoms with Gasteiger partial charge in [-0.25, -0.2) is 5.01 Å².